The van der Waals surface area contributed by atoms with Crippen LogP contribution >= 0.6 is 11.8 Å². The molecule has 0 spiro atoms. The van der Waals surface area contributed by atoms with Gasteiger partial charge in [-0.1, -0.05) is 31.2 Å². The summed E-state index contributed by atoms with van der Waals surface area (Å²) < 4.78 is 5.17. The molecule has 2 aliphatic rings. The third-order valence-corrected chi connectivity index (χ3v) is 7.02. The summed E-state index contributed by atoms with van der Waals surface area (Å²) in [6.07, 6.45) is 0.828. The van der Waals surface area contributed by atoms with Gasteiger partial charge in [-0.2, -0.15) is 0 Å². The number of para-hydroxylation sites is 1. The van der Waals surface area contributed by atoms with Gasteiger partial charge in [-0.15, -0.1) is 11.8 Å². The Morgan fingerprint density at radius 1 is 1.19 bits per heavy atom. The number of hydrogen-bond acceptors (Lipinski definition) is 5. The lowest BCUT2D eigenvalue weighted by atomic mass is 9.92. The molecule has 0 unspecified atom stereocenters. The molecule has 0 saturated carbocycles. The van der Waals surface area contributed by atoms with Crippen molar-refractivity contribution < 1.29 is 19.1 Å². The van der Waals surface area contributed by atoms with Gasteiger partial charge in [0.05, 0.1) is 12.8 Å². The molecule has 1 fully saturated rings. The van der Waals surface area contributed by atoms with E-state index in [1.807, 2.05) is 24.3 Å². The summed E-state index contributed by atoms with van der Waals surface area (Å²) in [5, 5.41) is 3.12. The van der Waals surface area contributed by atoms with Crippen LogP contribution in [0.4, 0.5) is 10.5 Å². The molecule has 8 heteroatoms. The molecule has 0 aromatic heterocycles. The number of nitrogens with zero attached hydrogens (tertiary/aromatic N) is 2. The molecular weight excluding hydrogens is 414 g/mol. The van der Waals surface area contributed by atoms with Crippen molar-refractivity contribution in [1.82, 2.24) is 10.2 Å². The minimum Gasteiger partial charge on any atom is -0.497 e. The zero-order valence-electron chi connectivity index (χ0n) is 17.8. The number of urea groups is 1. The van der Waals surface area contributed by atoms with Crippen molar-refractivity contribution in [1.29, 1.82) is 0 Å². The molecule has 2 atom stereocenters. The van der Waals surface area contributed by atoms with E-state index in [9.17, 15) is 14.4 Å². The Hall–Kier alpha value is -3.00. The second kappa shape index (κ2) is 8.26. The summed E-state index contributed by atoms with van der Waals surface area (Å²) in [5.41, 5.74) is 0.226. The van der Waals surface area contributed by atoms with E-state index in [1.165, 1.54) is 0 Å². The Kier molecular flexibility index (Phi) is 5.66. The molecule has 1 saturated heterocycles. The van der Waals surface area contributed by atoms with Gasteiger partial charge in [-0.3, -0.25) is 14.5 Å². The first kappa shape index (κ1) is 21.2. The summed E-state index contributed by atoms with van der Waals surface area (Å²) >= 11 is 1.73. The molecular formula is C23H25N3O4S. The molecule has 162 valence electrons. The highest BCUT2D eigenvalue weighted by molar-refractivity contribution is 8.00. The molecule has 2 aliphatic heterocycles. The van der Waals surface area contributed by atoms with Crippen molar-refractivity contribution in [3.8, 4) is 5.75 Å². The Labute approximate surface area is 185 Å². The highest BCUT2D eigenvalue weighted by Gasteiger charge is 2.49. The van der Waals surface area contributed by atoms with Crippen molar-refractivity contribution in [3.63, 3.8) is 0 Å². The fourth-order valence-corrected chi connectivity index (χ4v) is 5.04. The number of benzene rings is 2. The largest absolute Gasteiger partial charge is 0.497 e. The van der Waals surface area contributed by atoms with Crippen LogP contribution < -0.4 is 15.0 Å². The van der Waals surface area contributed by atoms with Crippen molar-refractivity contribution in [2.24, 2.45) is 0 Å². The van der Waals surface area contributed by atoms with Crippen LogP contribution in [0.15, 0.2) is 53.4 Å². The van der Waals surface area contributed by atoms with E-state index in [-0.39, 0.29) is 12.5 Å². The normalized spacial score (nSPS) is 23.3. The van der Waals surface area contributed by atoms with Gasteiger partial charge < -0.3 is 15.0 Å². The van der Waals surface area contributed by atoms with E-state index in [0.29, 0.717) is 23.1 Å². The van der Waals surface area contributed by atoms with E-state index in [1.54, 1.807) is 55.0 Å². The molecule has 0 bridgehead atoms. The standard InChI is InChI=1S/C23H25N3O4S/c1-15-12-13-25(18-6-4-5-7-19(18)31-15)20(27)14-26-21(28)23(2,24-22(26)29)16-8-10-17(30-3)11-9-16/h4-11,15H,12-14H2,1-3H3,(H,24,29)/t15-,23-/m0/s1. The van der Waals surface area contributed by atoms with Crippen LogP contribution in [-0.2, 0) is 15.1 Å². The number of ether oxygens (including phenoxy) is 1. The Balaban J connectivity index is 1.56. The molecule has 31 heavy (non-hydrogen) atoms. The predicted molar refractivity (Wildman–Crippen MR) is 119 cm³/mol. The zero-order chi connectivity index (χ0) is 22.2. The number of fused-ring (bicyclic) bond motifs is 1. The number of hydrogen-bond donors (Lipinski definition) is 1. The number of imide groups is 1. The number of rotatable bonds is 4. The Morgan fingerprint density at radius 2 is 1.90 bits per heavy atom. The maximum Gasteiger partial charge on any atom is 0.325 e. The highest BCUT2D eigenvalue weighted by Crippen LogP contribution is 2.37. The fraction of sp³-hybridized carbons (Fsp3) is 0.348. The summed E-state index contributed by atoms with van der Waals surface area (Å²) in [6.45, 7) is 4.03. The Bertz CT molecular complexity index is 1030. The number of carbonyl (C=O) groups is 3. The van der Waals surface area contributed by atoms with Gasteiger partial charge in [0.1, 0.15) is 17.8 Å². The summed E-state index contributed by atoms with van der Waals surface area (Å²) in [4.78, 5) is 42.8. The first-order chi connectivity index (χ1) is 14.8. The number of nitrogens with one attached hydrogen (secondary N) is 1. The summed E-state index contributed by atoms with van der Waals surface area (Å²) in [5.74, 6) is -0.0606. The molecule has 4 amide bonds. The number of amides is 4. The van der Waals surface area contributed by atoms with Gasteiger partial charge in [-0.25, -0.2) is 4.79 Å². The molecule has 2 heterocycles. The van der Waals surface area contributed by atoms with E-state index in [2.05, 4.69) is 12.2 Å². The average molecular weight is 440 g/mol. The van der Waals surface area contributed by atoms with Crippen LogP contribution in [0.25, 0.3) is 0 Å². The monoisotopic (exact) mass is 439 g/mol. The maximum absolute atomic E-state index is 13.2. The molecule has 2 aromatic carbocycles. The third kappa shape index (κ3) is 3.87. The molecule has 1 N–H and O–H groups in total. The van der Waals surface area contributed by atoms with Gasteiger partial charge in [0.25, 0.3) is 5.91 Å². The smallest absolute Gasteiger partial charge is 0.325 e. The van der Waals surface area contributed by atoms with Crippen LogP contribution in [0, 0.1) is 0 Å². The number of methoxy groups -OCH3 is 1. The Morgan fingerprint density at radius 3 is 2.61 bits per heavy atom. The highest BCUT2D eigenvalue weighted by atomic mass is 32.2. The quantitative estimate of drug-likeness (QED) is 0.739. The first-order valence-electron chi connectivity index (χ1n) is 10.2. The lowest BCUT2D eigenvalue weighted by Crippen LogP contribution is -2.45. The lowest BCUT2D eigenvalue weighted by molar-refractivity contribution is -0.134. The van der Waals surface area contributed by atoms with Crippen molar-refractivity contribution in [2.75, 3.05) is 25.1 Å². The third-order valence-electron chi connectivity index (χ3n) is 5.78. The van der Waals surface area contributed by atoms with Crippen LogP contribution in [0.1, 0.15) is 25.8 Å². The number of thioether (sulfide) groups is 1. The molecule has 2 aromatic rings. The zero-order valence-corrected chi connectivity index (χ0v) is 18.6. The van der Waals surface area contributed by atoms with Crippen LogP contribution in [0.2, 0.25) is 0 Å². The van der Waals surface area contributed by atoms with Crippen molar-refractivity contribution in [3.05, 3.63) is 54.1 Å². The lowest BCUT2D eigenvalue weighted by Gasteiger charge is -2.25. The van der Waals surface area contributed by atoms with Gasteiger partial charge in [0.2, 0.25) is 5.91 Å². The van der Waals surface area contributed by atoms with E-state index >= 15 is 0 Å². The van der Waals surface area contributed by atoms with Crippen LogP contribution in [0.3, 0.4) is 0 Å². The van der Waals surface area contributed by atoms with E-state index < -0.39 is 17.5 Å². The van der Waals surface area contributed by atoms with E-state index in [0.717, 1.165) is 21.9 Å². The average Bonchev–Trinajstić information content (AvgIpc) is 2.90. The topological polar surface area (TPSA) is 79.0 Å². The fourth-order valence-electron chi connectivity index (χ4n) is 3.93. The van der Waals surface area contributed by atoms with E-state index in [4.69, 9.17) is 4.74 Å². The number of anilines is 1. The van der Waals surface area contributed by atoms with Crippen LogP contribution in [0.5, 0.6) is 5.75 Å². The van der Waals surface area contributed by atoms with Gasteiger partial charge in [0.15, 0.2) is 0 Å². The minimum atomic E-state index is -1.23. The maximum atomic E-state index is 13.2. The SMILES string of the molecule is COc1ccc([C@]2(C)NC(=O)N(CC(=O)N3CC[C@H](C)Sc4ccccc43)C2=O)cc1. The molecule has 0 radical (unpaired) electrons. The van der Waals surface area contributed by atoms with Gasteiger partial charge in [-0.05, 0) is 43.2 Å². The molecule has 7 nitrogen and oxygen atoms in total. The number of carbonyl (C=O) groups excluding carboxylic acids is 3. The minimum absolute atomic E-state index is 0.273. The van der Waals surface area contributed by atoms with Crippen molar-refractivity contribution >= 4 is 35.3 Å². The van der Waals surface area contributed by atoms with Gasteiger partial charge >= 0.3 is 6.03 Å². The van der Waals surface area contributed by atoms with Crippen molar-refractivity contribution in [2.45, 2.75) is 36.0 Å². The second-order valence-electron chi connectivity index (χ2n) is 7.91. The molecule has 0 aliphatic carbocycles. The second-order valence-corrected chi connectivity index (χ2v) is 9.39. The summed E-state index contributed by atoms with van der Waals surface area (Å²) in [6, 6.07) is 14.1. The first-order valence-corrected chi connectivity index (χ1v) is 11.1. The van der Waals surface area contributed by atoms with Gasteiger partial charge in [0, 0.05) is 16.7 Å². The predicted octanol–water partition coefficient (Wildman–Crippen LogP) is 3.38. The van der Waals surface area contributed by atoms with Crippen LogP contribution in [-0.4, -0.2) is 48.2 Å². The summed E-state index contributed by atoms with van der Waals surface area (Å²) in [7, 11) is 1.56. The molecule has 4 rings (SSSR count).